The molecule has 3 aromatic carbocycles. The molecule has 9 nitrogen and oxygen atoms in total. The van der Waals surface area contributed by atoms with Gasteiger partial charge >= 0.3 is 6.18 Å². The second kappa shape index (κ2) is 8.35. The molecule has 3 aromatic rings. The van der Waals surface area contributed by atoms with Gasteiger partial charge in [-0.05, 0) is 41.5 Å². The second-order valence-electron chi connectivity index (χ2n) is 9.68. The fourth-order valence-electron chi connectivity index (χ4n) is 6.20. The lowest BCUT2D eigenvalue weighted by Crippen LogP contribution is -2.58. The van der Waals surface area contributed by atoms with Crippen molar-refractivity contribution in [3.8, 4) is 34.5 Å². The summed E-state index contributed by atoms with van der Waals surface area (Å²) < 4.78 is 32.0. The van der Waals surface area contributed by atoms with Crippen LogP contribution in [0, 0.1) is 0 Å². The van der Waals surface area contributed by atoms with Crippen LogP contribution in [0.25, 0.3) is 0 Å². The molecule has 0 saturated carbocycles. The Labute approximate surface area is 213 Å². The highest BCUT2D eigenvalue weighted by molar-refractivity contribution is 5.71. The van der Waals surface area contributed by atoms with E-state index < -0.39 is 12.1 Å². The van der Waals surface area contributed by atoms with Crippen LogP contribution in [0.1, 0.15) is 39.9 Å². The largest absolute Gasteiger partial charge is 0.542 e. The summed E-state index contributed by atoms with van der Waals surface area (Å²) in [6, 6.07) is 9.50. The molecule has 0 amide bonds. The average Bonchev–Trinajstić information content (AvgIpc) is 3.13. The first kappa shape index (κ1) is 25.3. The van der Waals surface area contributed by atoms with Gasteiger partial charge in [-0.25, -0.2) is 0 Å². The van der Waals surface area contributed by atoms with Crippen molar-refractivity contribution >= 4 is 11.7 Å². The van der Waals surface area contributed by atoms with E-state index in [-0.39, 0.29) is 46.6 Å². The van der Waals surface area contributed by atoms with E-state index in [1.165, 1.54) is 0 Å². The minimum absolute atomic E-state index is 0.0828. The van der Waals surface area contributed by atoms with Crippen molar-refractivity contribution in [1.29, 1.82) is 0 Å². The van der Waals surface area contributed by atoms with Crippen LogP contribution in [0.3, 0.4) is 0 Å². The minimum atomic E-state index is -5.19. The smallest absolute Gasteiger partial charge is 0.430 e. The lowest BCUT2D eigenvalue weighted by Gasteiger charge is -2.52. The van der Waals surface area contributed by atoms with Crippen LogP contribution in [0.2, 0.25) is 0 Å². The van der Waals surface area contributed by atoms with Crippen LogP contribution in [-0.2, 0) is 24.1 Å². The number of rotatable bonds is 0. The molecule has 12 heteroatoms. The number of quaternary nitrogens is 1. The van der Waals surface area contributed by atoms with Crippen LogP contribution in [0.15, 0.2) is 36.4 Å². The third kappa shape index (κ3) is 3.71. The maximum Gasteiger partial charge on any atom is 0.430 e. The maximum atomic E-state index is 10.5. The van der Waals surface area contributed by atoms with E-state index in [9.17, 15) is 43.8 Å². The van der Waals surface area contributed by atoms with Gasteiger partial charge in [0.15, 0.2) is 34.5 Å². The van der Waals surface area contributed by atoms with Gasteiger partial charge in [-0.15, -0.1) is 0 Å². The van der Waals surface area contributed by atoms with Gasteiger partial charge in [0.1, 0.15) is 23.7 Å². The number of phenolic OH excluding ortho intramolecular Hbond substituents is 6. The van der Waals surface area contributed by atoms with E-state index in [4.69, 9.17) is 9.90 Å². The average molecular weight is 533 g/mol. The summed E-state index contributed by atoms with van der Waals surface area (Å²) in [5.74, 6) is -4.01. The van der Waals surface area contributed by atoms with Gasteiger partial charge in [0.2, 0.25) is 0 Å². The first-order chi connectivity index (χ1) is 17.7. The number of carboxylic acids is 1. The Morgan fingerprint density at radius 2 is 1.11 bits per heavy atom. The second-order valence-corrected chi connectivity index (χ2v) is 9.68. The molecule has 200 valence electrons. The zero-order chi connectivity index (χ0) is 27.7. The lowest BCUT2D eigenvalue weighted by atomic mass is 9.78. The number of nitrogens with zero attached hydrogens (tertiary/aromatic N) is 1. The van der Waals surface area contributed by atoms with Gasteiger partial charge in [0, 0.05) is 42.0 Å². The number of carbonyl (C=O) groups is 1. The van der Waals surface area contributed by atoms with Crippen LogP contribution < -0.4 is 9.59 Å². The molecule has 1 spiro atoms. The number of halogens is 3. The highest BCUT2D eigenvalue weighted by Crippen LogP contribution is 2.61. The van der Waals surface area contributed by atoms with Gasteiger partial charge in [-0.3, -0.25) is 4.48 Å². The van der Waals surface area contributed by atoms with Gasteiger partial charge in [0.05, 0.1) is 6.54 Å². The minimum Gasteiger partial charge on any atom is -0.542 e. The number of phenols is 6. The summed E-state index contributed by atoms with van der Waals surface area (Å²) >= 11 is 0. The lowest BCUT2D eigenvalue weighted by molar-refractivity contribution is -0.344. The van der Waals surface area contributed by atoms with Gasteiger partial charge < -0.3 is 40.5 Å². The third-order valence-electron chi connectivity index (χ3n) is 7.74. The molecule has 0 aliphatic carbocycles. The van der Waals surface area contributed by atoms with Crippen LogP contribution in [-0.4, -0.2) is 49.3 Å². The van der Waals surface area contributed by atoms with E-state index in [0.717, 1.165) is 33.5 Å². The summed E-state index contributed by atoms with van der Waals surface area (Å²) in [7, 11) is 0. The fraction of sp³-hybridized carbons (Fsp3) is 0.269. The Hall–Kier alpha value is -4.32. The van der Waals surface area contributed by atoms with Gasteiger partial charge in [-0.1, -0.05) is 0 Å². The number of carboxylic acid groups (broad SMARTS) is 1. The molecule has 38 heavy (non-hydrogen) atoms. The molecule has 3 aliphatic heterocycles. The van der Waals surface area contributed by atoms with Crippen molar-refractivity contribution < 1.29 is 53.7 Å². The van der Waals surface area contributed by atoms with Crippen molar-refractivity contribution in [3.63, 3.8) is 0 Å². The molecule has 0 fully saturated rings. The Morgan fingerprint density at radius 3 is 1.63 bits per heavy atom. The van der Waals surface area contributed by atoms with E-state index in [0.29, 0.717) is 30.3 Å². The molecule has 0 radical (unpaired) electrons. The number of aromatic hydroxyl groups is 6. The molecule has 3 aliphatic rings. The zero-order valence-corrected chi connectivity index (χ0v) is 19.5. The normalized spacial score (nSPS) is 22.6. The molecule has 0 saturated heterocycles. The molecule has 3 atom stereocenters. The van der Waals surface area contributed by atoms with Gasteiger partial charge in [-0.2, -0.15) is 13.2 Å². The van der Waals surface area contributed by atoms with Crippen LogP contribution >= 0.6 is 0 Å². The number of hydrogen-bond acceptors (Lipinski definition) is 8. The number of alkyl halides is 3. The summed E-state index contributed by atoms with van der Waals surface area (Å²) in [5.41, 5.74) is 5.59. The maximum absolute atomic E-state index is 10.5. The number of hydrogen-bond donors (Lipinski definition) is 6. The van der Waals surface area contributed by atoms with Gasteiger partial charge in [0.25, 0.3) is 0 Å². The zero-order valence-electron chi connectivity index (χ0n) is 19.5. The van der Waals surface area contributed by atoms with Crippen molar-refractivity contribution in [3.05, 3.63) is 64.2 Å². The summed E-state index contributed by atoms with van der Waals surface area (Å²) in [6.07, 6.45) is -3.37. The highest BCUT2D eigenvalue weighted by atomic mass is 19.4. The monoisotopic (exact) mass is 533 g/mol. The van der Waals surface area contributed by atoms with E-state index in [2.05, 4.69) is 0 Å². The fourth-order valence-corrected chi connectivity index (χ4v) is 6.20. The number of fused-ring (bicyclic) bond motifs is 5. The standard InChI is InChI=1S/C24H21NO6.C2HF3O2/c26-19-5-11-1-2-25-16-10-24(31)21(28)7-13(16)4-18(25)15-9-23(30)20(27)6-12(15)3-17(25)14(11)8-22(19)29;3-2(4,5)1(6)7/h5-10,17-18H,1-4H2,(H5-,26,27,28,29,30,31);(H,6,7)/t17-,18+,25?;/m0./s1. The Morgan fingerprint density at radius 1 is 0.711 bits per heavy atom. The molecule has 6 rings (SSSR count). The number of carbonyl (C=O) groups excluding carboxylic acids is 1. The van der Waals surface area contributed by atoms with E-state index >= 15 is 0 Å². The third-order valence-corrected chi connectivity index (χ3v) is 7.74. The predicted molar refractivity (Wildman–Crippen MR) is 124 cm³/mol. The van der Waals surface area contributed by atoms with E-state index in [1.807, 2.05) is 0 Å². The molecule has 3 heterocycles. The van der Waals surface area contributed by atoms with Crippen LogP contribution in [0.5, 0.6) is 34.5 Å². The first-order valence-electron chi connectivity index (χ1n) is 11.5. The number of aliphatic carboxylic acids is 1. The Bertz CT molecular complexity index is 1490. The molecule has 6 N–H and O–H groups in total. The molecule has 0 bridgehead atoms. The molecular weight excluding hydrogens is 511 g/mol. The van der Waals surface area contributed by atoms with Crippen molar-refractivity contribution in [2.75, 3.05) is 6.54 Å². The topological polar surface area (TPSA) is 162 Å². The SMILES string of the molecule is O=C([O-])C(F)(F)F.Oc1cc2c(cc1O)[C@H]1Cc3cc(O)c(O)cc3[N+]13CCc1cc(O)c(O)cc1[C@@H]3C2. The van der Waals surface area contributed by atoms with Crippen molar-refractivity contribution in [2.24, 2.45) is 0 Å². The first-order valence-corrected chi connectivity index (χ1v) is 11.5. The summed E-state index contributed by atoms with van der Waals surface area (Å²) in [6.45, 7) is 0.699. The summed E-state index contributed by atoms with van der Waals surface area (Å²) in [4.78, 5) is 8.78. The predicted octanol–water partition coefficient (Wildman–Crippen LogP) is 2.68. The quantitative estimate of drug-likeness (QED) is 0.190. The van der Waals surface area contributed by atoms with Crippen molar-refractivity contribution in [2.45, 2.75) is 37.5 Å². The van der Waals surface area contributed by atoms with Crippen LogP contribution in [0.4, 0.5) is 18.9 Å². The Balaban J connectivity index is 0.000000374. The molecule has 1 unspecified atom stereocenters. The van der Waals surface area contributed by atoms with E-state index in [1.54, 1.807) is 36.4 Å². The molecular formula is C26H22F3NO8. The summed E-state index contributed by atoms with van der Waals surface area (Å²) in [5, 5.41) is 69.9. The van der Waals surface area contributed by atoms with Crippen molar-refractivity contribution in [1.82, 2.24) is 4.48 Å². The Kier molecular flexibility index (Phi) is 5.57. The molecule has 0 aromatic heterocycles. The number of benzene rings is 3. The highest BCUT2D eigenvalue weighted by Gasteiger charge is 2.58.